The van der Waals surface area contributed by atoms with E-state index in [1.807, 2.05) is 0 Å². The average Bonchev–Trinajstić information content (AvgIpc) is 2.23. The van der Waals surface area contributed by atoms with Crippen LogP contribution >= 0.6 is 28.3 Å². The highest BCUT2D eigenvalue weighted by Gasteiger charge is 2.13. The quantitative estimate of drug-likeness (QED) is 0.766. The third-order valence-corrected chi connectivity index (χ3v) is 3.22. The Bertz CT molecular complexity index is 358. The van der Waals surface area contributed by atoms with Crippen molar-refractivity contribution in [2.24, 2.45) is 5.73 Å². The number of hydrogen-bond donors (Lipinski definition) is 1. The van der Waals surface area contributed by atoms with Crippen molar-refractivity contribution in [3.05, 3.63) is 33.5 Å². The second-order valence-corrected chi connectivity index (χ2v) is 5.14. The van der Waals surface area contributed by atoms with Crippen LogP contribution in [0.25, 0.3) is 0 Å². The van der Waals surface area contributed by atoms with E-state index in [4.69, 9.17) is 5.73 Å². The maximum absolute atomic E-state index is 13.8. The van der Waals surface area contributed by atoms with E-state index in [9.17, 15) is 4.39 Å². The summed E-state index contributed by atoms with van der Waals surface area (Å²) in [7, 11) is 0. The molecule has 0 unspecified atom stereocenters. The molecule has 1 rings (SSSR count). The molecule has 0 spiro atoms. The van der Waals surface area contributed by atoms with E-state index in [-0.39, 0.29) is 24.3 Å². The van der Waals surface area contributed by atoms with Crippen LogP contribution in [0.3, 0.4) is 0 Å². The number of unbranched alkanes of at least 4 members (excludes halogenated alkanes) is 2. The van der Waals surface area contributed by atoms with E-state index in [0.717, 1.165) is 30.2 Å². The normalized spacial score (nSPS) is 12.1. The molecular weight excluding hydrogens is 305 g/mol. The lowest BCUT2D eigenvalue weighted by Gasteiger charge is -2.14. The molecule has 0 radical (unpaired) electrons. The summed E-state index contributed by atoms with van der Waals surface area (Å²) < 4.78 is 14.7. The first-order valence-corrected chi connectivity index (χ1v) is 6.56. The van der Waals surface area contributed by atoms with Crippen LogP contribution in [-0.2, 0) is 0 Å². The van der Waals surface area contributed by atoms with Crippen molar-refractivity contribution in [2.45, 2.75) is 45.6 Å². The highest BCUT2D eigenvalue weighted by Crippen LogP contribution is 2.26. The molecule has 98 valence electrons. The summed E-state index contributed by atoms with van der Waals surface area (Å²) in [5.41, 5.74) is 7.29. The van der Waals surface area contributed by atoms with Crippen molar-refractivity contribution >= 4 is 28.3 Å². The molecule has 0 saturated heterocycles. The molecule has 1 aromatic rings. The highest BCUT2D eigenvalue weighted by molar-refractivity contribution is 9.10. The van der Waals surface area contributed by atoms with Crippen LogP contribution in [0.1, 0.15) is 49.8 Å². The van der Waals surface area contributed by atoms with Gasteiger partial charge in [0.15, 0.2) is 0 Å². The molecule has 1 atom stereocenters. The minimum atomic E-state index is -0.192. The van der Waals surface area contributed by atoms with E-state index in [1.54, 1.807) is 19.1 Å². The van der Waals surface area contributed by atoms with Gasteiger partial charge in [0.25, 0.3) is 0 Å². The van der Waals surface area contributed by atoms with E-state index in [1.165, 1.54) is 0 Å². The fraction of sp³-hybridized carbons (Fsp3) is 0.538. The number of benzene rings is 1. The summed E-state index contributed by atoms with van der Waals surface area (Å²) in [4.78, 5) is 0. The van der Waals surface area contributed by atoms with Crippen LogP contribution in [-0.4, -0.2) is 0 Å². The van der Waals surface area contributed by atoms with Gasteiger partial charge in [-0.3, -0.25) is 0 Å². The highest BCUT2D eigenvalue weighted by atomic mass is 79.9. The summed E-state index contributed by atoms with van der Waals surface area (Å²) in [6, 6.07) is 3.37. The molecule has 17 heavy (non-hydrogen) atoms. The lowest BCUT2D eigenvalue weighted by Crippen LogP contribution is -2.12. The third-order valence-electron chi connectivity index (χ3n) is 2.77. The Morgan fingerprint density at radius 2 is 2.00 bits per heavy atom. The molecule has 0 heterocycles. The van der Waals surface area contributed by atoms with Crippen LogP contribution in [0.4, 0.5) is 4.39 Å². The Morgan fingerprint density at radius 1 is 1.35 bits per heavy atom. The minimum Gasteiger partial charge on any atom is -0.324 e. The average molecular weight is 325 g/mol. The van der Waals surface area contributed by atoms with Gasteiger partial charge in [0, 0.05) is 16.1 Å². The first kappa shape index (κ1) is 16.9. The van der Waals surface area contributed by atoms with Crippen molar-refractivity contribution in [1.29, 1.82) is 0 Å². The zero-order valence-electron chi connectivity index (χ0n) is 10.3. The minimum absolute atomic E-state index is 0. The predicted octanol–water partition coefficient (Wildman–Crippen LogP) is 4.90. The molecule has 0 saturated carbocycles. The molecule has 0 bridgehead atoms. The van der Waals surface area contributed by atoms with Gasteiger partial charge in [0.2, 0.25) is 0 Å². The number of aryl methyl sites for hydroxylation is 1. The van der Waals surface area contributed by atoms with Gasteiger partial charge in [-0.15, -0.1) is 12.4 Å². The molecular formula is C13H20BrClFN. The molecule has 4 heteroatoms. The molecule has 0 aromatic heterocycles. The Hall–Kier alpha value is -0.120. The summed E-state index contributed by atoms with van der Waals surface area (Å²) in [5.74, 6) is -0.160. The molecule has 0 aliphatic heterocycles. The Morgan fingerprint density at radius 3 is 2.59 bits per heavy atom. The van der Waals surface area contributed by atoms with Gasteiger partial charge in [-0.05, 0) is 31.0 Å². The summed E-state index contributed by atoms with van der Waals surface area (Å²) in [5, 5.41) is 0. The summed E-state index contributed by atoms with van der Waals surface area (Å²) in [6.07, 6.45) is 4.22. The maximum atomic E-state index is 13.8. The summed E-state index contributed by atoms with van der Waals surface area (Å²) >= 11 is 3.38. The van der Waals surface area contributed by atoms with Gasteiger partial charge in [0.05, 0.1) is 0 Å². The van der Waals surface area contributed by atoms with E-state index in [2.05, 4.69) is 22.9 Å². The monoisotopic (exact) mass is 323 g/mol. The smallest absolute Gasteiger partial charge is 0.130 e. The van der Waals surface area contributed by atoms with Crippen LogP contribution in [0.15, 0.2) is 16.6 Å². The van der Waals surface area contributed by atoms with Crippen LogP contribution in [0.5, 0.6) is 0 Å². The first-order valence-electron chi connectivity index (χ1n) is 5.77. The van der Waals surface area contributed by atoms with Crippen LogP contribution in [0.2, 0.25) is 0 Å². The predicted molar refractivity (Wildman–Crippen MR) is 77.2 cm³/mol. The maximum Gasteiger partial charge on any atom is 0.130 e. The SMILES string of the molecule is CCCCC[C@H](N)c1cc(Br)cc(C)c1F.Cl. The largest absolute Gasteiger partial charge is 0.324 e. The third kappa shape index (κ3) is 4.94. The fourth-order valence-electron chi connectivity index (χ4n) is 1.79. The zero-order chi connectivity index (χ0) is 12.1. The van der Waals surface area contributed by atoms with Gasteiger partial charge in [0.1, 0.15) is 5.82 Å². The van der Waals surface area contributed by atoms with Gasteiger partial charge in [-0.25, -0.2) is 4.39 Å². The topological polar surface area (TPSA) is 26.0 Å². The molecule has 1 aromatic carbocycles. The molecule has 0 fully saturated rings. The standard InChI is InChI=1S/C13H19BrFN.ClH/c1-3-4-5-6-12(16)11-8-10(14)7-9(2)13(11)15;/h7-8,12H,3-6,16H2,1-2H3;1H/t12-;/m0./s1. The number of nitrogens with two attached hydrogens (primary N) is 1. The Kier molecular flexibility index (Phi) is 8.01. The van der Waals surface area contributed by atoms with Crippen molar-refractivity contribution in [3.63, 3.8) is 0 Å². The van der Waals surface area contributed by atoms with Gasteiger partial charge in [-0.1, -0.05) is 42.1 Å². The zero-order valence-corrected chi connectivity index (χ0v) is 12.7. The van der Waals surface area contributed by atoms with E-state index < -0.39 is 0 Å². The Labute approximate surface area is 118 Å². The molecule has 2 N–H and O–H groups in total. The number of hydrogen-bond acceptors (Lipinski definition) is 1. The second kappa shape index (κ2) is 8.06. The van der Waals surface area contributed by atoms with Crippen molar-refractivity contribution in [2.75, 3.05) is 0 Å². The molecule has 0 amide bonds. The van der Waals surface area contributed by atoms with Crippen molar-refractivity contribution < 1.29 is 4.39 Å². The summed E-state index contributed by atoms with van der Waals surface area (Å²) in [6.45, 7) is 3.91. The number of halogens is 3. The molecule has 0 aliphatic rings. The van der Waals surface area contributed by atoms with Gasteiger partial charge < -0.3 is 5.73 Å². The van der Waals surface area contributed by atoms with E-state index >= 15 is 0 Å². The van der Waals surface area contributed by atoms with Crippen LogP contribution < -0.4 is 5.73 Å². The first-order chi connectivity index (χ1) is 7.56. The lowest BCUT2D eigenvalue weighted by atomic mass is 9.99. The molecule has 1 nitrogen and oxygen atoms in total. The van der Waals surface area contributed by atoms with Gasteiger partial charge in [-0.2, -0.15) is 0 Å². The Balaban J connectivity index is 0.00000256. The number of rotatable bonds is 5. The van der Waals surface area contributed by atoms with E-state index in [0.29, 0.717) is 11.1 Å². The van der Waals surface area contributed by atoms with Crippen LogP contribution in [0, 0.1) is 12.7 Å². The lowest BCUT2D eigenvalue weighted by molar-refractivity contribution is 0.534. The molecule has 0 aliphatic carbocycles. The van der Waals surface area contributed by atoms with Crippen molar-refractivity contribution in [1.82, 2.24) is 0 Å². The van der Waals surface area contributed by atoms with Gasteiger partial charge >= 0.3 is 0 Å². The second-order valence-electron chi connectivity index (χ2n) is 4.23. The van der Waals surface area contributed by atoms with Crippen molar-refractivity contribution in [3.8, 4) is 0 Å². The fourth-order valence-corrected chi connectivity index (χ4v) is 2.38.